The van der Waals surface area contributed by atoms with Gasteiger partial charge in [-0.15, -0.1) is 0 Å². The predicted molar refractivity (Wildman–Crippen MR) is 71.1 cm³/mol. The van der Waals surface area contributed by atoms with Crippen molar-refractivity contribution in [3.63, 3.8) is 0 Å². The van der Waals surface area contributed by atoms with Crippen molar-refractivity contribution < 1.29 is 14.5 Å². The van der Waals surface area contributed by atoms with E-state index in [9.17, 15) is 14.9 Å². The molecule has 0 aliphatic carbocycles. The third-order valence-corrected chi connectivity index (χ3v) is 2.17. The maximum Gasteiger partial charge on any atom is 0.426 e. The highest BCUT2D eigenvalue weighted by Gasteiger charge is 2.16. The lowest BCUT2D eigenvalue weighted by atomic mass is 10.2. The number of carbonyl (C=O) groups excluding carboxylic acids is 1. The van der Waals surface area contributed by atoms with Gasteiger partial charge in [0, 0.05) is 12.1 Å². The van der Waals surface area contributed by atoms with Crippen molar-refractivity contribution in [1.29, 1.82) is 0 Å². The summed E-state index contributed by atoms with van der Waals surface area (Å²) in [5, 5.41) is 10.6. The molecular weight excluding hydrogens is 274 g/mol. The van der Waals surface area contributed by atoms with E-state index >= 15 is 0 Å². The second kappa shape index (κ2) is 5.75. The minimum Gasteiger partial charge on any atom is -0.443 e. The topological polar surface area (TPSA) is 93.5 Å². The number of hydrazine groups is 1. The van der Waals surface area contributed by atoms with Crippen molar-refractivity contribution in [3.8, 4) is 0 Å². The van der Waals surface area contributed by atoms with Crippen LogP contribution in [0.25, 0.3) is 0 Å². The molecule has 0 bridgehead atoms. The number of benzene rings is 1. The molecule has 0 fully saturated rings. The Morgan fingerprint density at radius 3 is 2.53 bits per heavy atom. The van der Waals surface area contributed by atoms with Gasteiger partial charge in [-0.25, -0.2) is 10.2 Å². The summed E-state index contributed by atoms with van der Waals surface area (Å²) in [6, 6.07) is 3.84. The van der Waals surface area contributed by atoms with Gasteiger partial charge in [0.2, 0.25) is 0 Å². The van der Waals surface area contributed by atoms with Crippen LogP contribution >= 0.6 is 11.6 Å². The Morgan fingerprint density at radius 2 is 2.05 bits per heavy atom. The van der Waals surface area contributed by atoms with Crippen molar-refractivity contribution in [2.24, 2.45) is 0 Å². The summed E-state index contributed by atoms with van der Waals surface area (Å²) in [5.74, 6) is 0. The Morgan fingerprint density at radius 1 is 1.42 bits per heavy atom. The molecule has 0 unspecified atom stereocenters. The van der Waals surface area contributed by atoms with Crippen LogP contribution in [0.1, 0.15) is 20.8 Å². The van der Waals surface area contributed by atoms with E-state index in [1.807, 2.05) is 0 Å². The van der Waals surface area contributed by atoms with Crippen molar-refractivity contribution in [3.05, 3.63) is 33.3 Å². The summed E-state index contributed by atoms with van der Waals surface area (Å²) < 4.78 is 5.00. The molecule has 1 amide bonds. The van der Waals surface area contributed by atoms with Gasteiger partial charge in [-0.2, -0.15) is 0 Å². The van der Waals surface area contributed by atoms with Crippen molar-refractivity contribution >= 4 is 29.1 Å². The first-order valence-corrected chi connectivity index (χ1v) is 5.76. The summed E-state index contributed by atoms with van der Waals surface area (Å²) in [6.45, 7) is 5.18. The molecule has 1 rings (SSSR count). The second-order valence-electron chi connectivity index (χ2n) is 4.67. The van der Waals surface area contributed by atoms with Gasteiger partial charge in [0.15, 0.2) is 0 Å². The molecule has 1 aromatic carbocycles. The average Bonchev–Trinajstić information content (AvgIpc) is 2.24. The molecule has 0 radical (unpaired) electrons. The minimum absolute atomic E-state index is 0.116. The van der Waals surface area contributed by atoms with Gasteiger partial charge in [0.25, 0.3) is 5.69 Å². The van der Waals surface area contributed by atoms with Crippen LogP contribution in [0.4, 0.5) is 16.2 Å². The molecule has 0 aliphatic rings. The van der Waals surface area contributed by atoms with Crippen LogP contribution in [-0.4, -0.2) is 16.6 Å². The molecule has 0 atom stereocenters. The maximum atomic E-state index is 11.4. The fraction of sp³-hybridized carbons (Fsp3) is 0.364. The van der Waals surface area contributed by atoms with Gasteiger partial charge in [0.05, 0.1) is 15.6 Å². The molecule has 0 aromatic heterocycles. The molecule has 0 heterocycles. The van der Waals surface area contributed by atoms with Gasteiger partial charge in [-0.3, -0.25) is 15.5 Å². The van der Waals surface area contributed by atoms with Gasteiger partial charge in [0.1, 0.15) is 5.60 Å². The zero-order valence-corrected chi connectivity index (χ0v) is 11.4. The number of nitrogens with one attached hydrogen (secondary N) is 2. The number of amides is 1. The summed E-state index contributed by atoms with van der Waals surface area (Å²) in [7, 11) is 0. The molecule has 2 N–H and O–H groups in total. The first-order chi connectivity index (χ1) is 8.69. The van der Waals surface area contributed by atoms with Crippen molar-refractivity contribution in [1.82, 2.24) is 5.43 Å². The Bertz CT molecular complexity index is 499. The lowest BCUT2D eigenvalue weighted by Crippen LogP contribution is -2.35. The highest BCUT2D eigenvalue weighted by Crippen LogP contribution is 2.25. The first-order valence-electron chi connectivity index (χ1n) is 5.38. The maximum absolute atomic E-state index is 11.4. The van der Waals surface area contributed by atoms with Crippen LogP contribution in [0.2, 0.25) is 5.02 Å². The number of carbonyl (C=O) groups is 1. The van der Waals surface area contributed by atoms with Crippen LogP contribution in [0.5, 0.6) is 0 Å². The van der Waals surface area contributed by atoms with Gasteiger partial charge in [-0.1, -0.05) is 11.6 Å². The molecule has 7 nitrogen and oxygen atoms in total. The largest absolute Gasteiger partial charge is 0.443 e. The number of halogens is 1. The van der Waals surface area contributed by atoms with Gasteiger partial charge < -0.3 is 4.74 Å². The lowest BCUT2D eigenvalue weighted by molar-refractivity contribution is -0.384. The zero-order valence-electron chi connectivity index (χ0n) is 10.7. The minimum atomic E-state index is -0.679. The molecule has 1 aromatic rings. The number of nitro benzene ring substituents is 1. The number of nitrogens with zero attached hydrogens (tertiary/aromatic N) is 1. The Labute approximate surface area is 115 Å². The Balaban J connectivity index is 2.64. The summed E-state index contributed by atoms with van der Waals surface area (Å²) in [6.07, 6.45) is -0.679. The number of hydrogen-bond acceptors (Lipinski definition) is 5. The normalized spacial score (nSPS) is 10.7. The number of rotatable bonds is 3. The van der Waals surface area contributed by atoms with Crippen molar-refractivity contribution in [2.75, 3.05) is 5.43 Å². The first kappa shape index (κ1) is 15.0. The number of anilines is 1. The standard InChI is InChI=1S/C11H14ClN3O4/c1-11(2,3)19-10(16)14-13-9-5-4-7(15(17)18)6-8(9)12/h4-6,13H,1-3H3,(H,14,16). The molecular formula is C11H14ClN3O4. The predicted octanol–water partition coefficient (Wildman–Crippen LogP) is 3.10. The van der Waals surface area contributed by atoms with Crippen LogP contribution in [0.3, 0.4) is 0 Å². The number of nitro groups is 1. The van der Waals surface area contributed by atoms with Crippen LogP contribution < -0.4 is 10.9 Å². The smallest absolute Gasteiger partial charge is 0.426 e. The third kappa shape index (κ3) is 5.01. The van der Waals surface area contributed by atoms with E-state index in [0.717, 1.165) is 0 Å². The summed E-state index contributed by atoms with van der Waals surface area (Å²) in [4.78, 5) is 21.3. The second-order valence-corrected chi connectivity index (χ2v) is 5.08. The number of ether oxygens (including phenoxy) is 1. The molecule has 8 heteroatoms. The number of non-ortho nitro benzene ring substituents is 1. The zero-order chi connectivity index (χ0) is 14.6. The molecule has 19 heavy (non-hydrogen) atoms. The van der Waals surface area contributed by atoms with Crippen LogP contribution in [0, 0.1) is 10.1 Å². The molecule has 0 spiro atoms. The SMILES string of the molecule is CC(C)(C)OC(=O)NNc1ccc([N+](=O)[O-])cc1Cl. The third-order valence-electron chi connectivity index (χ3n) is 1.86. The van der Waals surface area contributed by atoms with Crippen molar-refractivity contribution in [2.45, 2.75) is 26.4 Å². The summed E-state index contributed by atoms with van der Waals surface area (Å²) in [5.41, 5.74) is 4.38. The van der Waals surface area contributed by atoms with Gasteiger partial charge >= 0.3 is 6.09 Å². The average molecular weight is 288 g/mol. The van der Waals surface area contributed by atoms with E-state index in [1.54, 1.807) is 20.8 Å². The number of hydrogen-bond donors (Lipinski definition) is 2. The monoisotopic (exact) mass is 287 g/mol. The summed E-state index contributed by atoms with van der Waals surface area (Å²) >= 11 is 5.83. The van der Waals surface area contributed by atoms with Crippen LogP contribution in [0.15, 0.2) is 18.2 Å². The van der Waals surface area contributed by atoms with E-state index in [0.29, 0.717) is 5.69 Å². The van der Waals surface area contributed by atoms with Gasteiger partial charge in [-0.05, 0) is 26.8 Å². The van der Waals surface area contributed by atoms with Crippen LogP contribution in [-0.2, 0) is 4.74 Å². The van der Waals surface area contributed by atoms with E-state index in [-0.39, 0.29) is 10.7 Å². The van der Waals surface area contributed by atoms with E-state index < -0.39 is 16.6 Å². The molecule has 0 aliphatic heterocycles. The lowest BCUT2D eigenvalue weighted by Gasteiger charge is -2.20. The van der Waals surface area contributed by atoms with E-state index in [1.165, 1.54) is 18.2 Å². The molecule has 0 saturated carbocycles. The highest BCUT2D eigenvalue weighted by molar-refractivity contribution is 6.33. The Kier molecular flexibility index (Phi) is 4.55. The fourth-order valence-electron chi connectivity index (χ4n) is 1.14. The van der Waals surface area contributed by atoms with E-state index in [4.69, 9.17) is 16.3 Å². The quantitative estimate of drug-likeness (QED) is 0.658. The Hall–Kier alpha value is -2.02. The van der Waals surface area contributed by atoms with E-state index in [2.05, 4.69) is 10.9 Å². The molecule has 104 valence electrons. The highest BCUT2D eigenvalue weighted by atomic mass is 35.5. The molecule has 0 saturated heterocycles. The fourth-order valence-corrected chi connectivity index (χ4v) is 1.36.